The van der Waals surface area contributed by atoms with Gasteiger partial charge in [0.15, 0.2) is 0 Å². The minimum Gasteiger partial charge on any atom is -0.399 e. The van der Waals surface area contributed by atoms with Crippen molar-refractivity contribution in [3.8, 4) is 0 Å². The molecule has 0 saturated carbocycles. The Morgan fingerprint density at radius 1 is 1.31 bits per heavy atom. The zero-order chi connectivity index (χ0) is 11.5. The Morgan fingerprint density at radius 2 is 2.12 bits per heavy atom. The van der Waals surface area contributed by atoms with Crippen LogP contribution in [0.4, 0.5) is 5.69 Å². The van der Waals surface area contributed by atoms with Crippen LogP contribution in [0, 0.1) is 13.8 Å². The molecule has 0 amide bonds. The highest BCUT2D eigenvalue weighted by atomic mass is 32.2. The van der Waals surface area contributed by atoms with Crippen molar-refractivity contribution in [3.05, 3.63) is 41.3 Å². The first-order chi connectivity index (χ1) is 7.65. The fourth-order valence-corrected chi connectivity index (χ4v) is 2.35. The number of benzene rings is 1. The Morgan fingerprint density at radius 3 is 2.75 bits per heavy atom. The number of nitrogen functional groups attached to an aromatic ring is 1. The zero-order valence-electron chi connectivity index (χ0n) is 9.36. The summed E-state index contributed by atoms with van der Waals surface area (Å²) in [4.78, 5) is 1.23. The van der Waals surface area contributed by atoms with Gasteiger partial charge in [-0.3, -0.25) is 0 Å². The highest BCUT2D eigenvalue weighted by Crippen LogP contribution is 2.27. The average molecular weight is 234 g/mol. The van der Waals surface area contributed by atoms with Crippen LogP contribution in [0.15, 0.2) is 33.7 Å². The molecular formula is C12H14N2OS. The fraction of sp³-hybridized carbons (Fsp3) is 0.250. The van der Waals surface area contributed by atoms with E-state index < -0.39 is 0 Å². The van der Waals surface area contributed by atoms with Crippen LogP contribution in [0.25, 0.3) is 0 Å². The molecule has 0 atom stereocenters. The van der Waals surface area contributed by atoms with Crippen LogP contribution in [0.3, 0.4) is 0 Å². The standard InChI is InChI=1S/C12H14N2OS/c1-8-5-10(13)3-4-12(8)16-7-11-6-9(2)14-15-11/h3-6H,7,13H2,1-2H3. The smallest absolute Gasteiger partial charge is 0.147 e. The second-order valence-corrected chi connectivity index (χ2v) is 4.77. The second kappa shape index (κ2) is 4.61. The molecule has 0 radical (unpaired) electrons. The van der Waals surface area contributed by atoms with Gasteiger partial charge in [-0.05, 0) is 37.6 Å². The maximum atomic E-state index is 5.70. The highest BCUT2D eigenvalue weighted by Gasteiger charge is 2.04. The van der Waals surface area contributed by atoms with Crippen LogP contribution in [0.5, 0.6) is 0 Å². The zero-order valence-corrected chi connectivity index (χ0v) is 10.2. The molecule has 0 bridgehead atoms. The van der Waals surface area contributed by atoms with Gasteiger partial charge in [0.25, 0.3) is 0 Å². The van der Waals surface area contributed by atoms with Crippen molar-refractivity contribution in [2.45, 2.75) is 24.5 Å². The lowest BCUT2D eigenvalue weighted by Crippen LogP contribution is -1.87. The van der Waals surface area contributed by atoms with Crippen molar-refractivity contribution in [1.29, 1.82) is 0 Å². The molecule has 84 valence electrons. The quantitative estimate of drug-likeness (QED) is 0.654. The van der Waals surface area contributed by atoms with Gasteiger partial charge in [-0.15, -0.1) is 11.8 Å². The van der Waals surface area contributed by atoms with Crippen molar-refractivity contribution in [2.24, 2.45) is 0 Å². The lowest BCUT2D eigenvalue weighted by atomic mass is 10.2. The summed E-state index contributed by atoms with van der Waals surface area (Å²) in [5.41, 5.74) is 8.62. The number of hydrogen-bond donors (Lipinski definition) is 1. The third kappa shape index (κ3) is 2.58. The SMILES string of the molecule is Cc1cc(CSc2ccc(N)cc2C)on1. The van der Waals surface area contributed by atoms with Gasteiger partial charge < -0.3 is 10.3 Å². The molecule has 1 aromatic carbocycles. The number of thioether (sulfide) groups is 1. The molecule has 0 spiro atoms. The van der Waals surface area contributed by atoms with Gasteiger partial charge >= 0.3 is 0 Å². The third-order valence-corrected chi connectivity index (χ3v) is 3.44. The highest BCUT2D eigenvalue weighted by molar-refractivity contribution is 7.98. The number of nitrogens with two attached hydrogens (primary N) is 1. The van der Waals surface area contributed by atoms with Crippen molar-refractivity contribution in [2.75, 3.05) is 5.73 Å². The van der Waals surface area contributed by atoms with E-state index in [1.807, 2.05) is 31.2 Å². The molecule has 4 heteroatoms. The van der Waals surface area contributed by atoms with Crippen LogP contribution < -0.4 is 5.73 Å². The van der Waals surface area contributed by atoms with Crippen LogP contribution in [-0.4, -0.2) is 5.16 Å². The molecule has 1 heterocycles. The first kappa shape index (κ1) is 11.1. The maximum absolute atomic E-state index is 5.70. The summed E-state index contributed by atoms with van der Waals surface area (Å²) in [5, 5.41) is 3.86. The predicted octanol–water partition coefficient (Wildman–Crippen LogP) is 3.17. The Labute approximate surface area is 99.0 Å². The summed E-state index contributed by atoms with van der Waals surface area (Å²) in [6, 6.07) is 7.90. The molecule has 3 nitrogen and oxygen atoms in total. The van der Waals surface area contributed by atoms with Gasteiger partial charge in [-0.25, -0.2) is 0 Å². The molecule has 0 aliphatic heterocycles. The first-order valence-corrected chi connectivity index (χ1v) is 6.05. The molecule has 0 saturated heterocycles. The number of aryl methyl sites for hydroxylation is 2. The van der Waals surface area contributed by atoms with E-state index in [1.165, 1.54) is 10.5 Å². The monoisotopic (exact) mass is 234 g/mol. The number of nitrogens with zero attached hydrogens (tertiary/aromatic N) is 1. The molecule has 0 fully saturated rings. The molecule has 16 heavy (non-hydrogen) atoms. The molecule has 0 aliphatic carbocycles. The number of anilines is 1. The Hall–Kier alpha value is -1.42. The summed E-state index contributed by atoms with van der Waals surface area (Å²) in [6.45, 7) is 3.98. The first-order valence-electron chi connectivity index (χ1n) is 5.06. The van der Waals surface area contributed by atoms with E-state index in [4.69, 9.17) is 10.3 Å². The maximum Gasteiger partial charge on any atom is 0.147 e. The van der Waals surface area contributed by atoms with Gasteiger partial charge in [0, 0.05) is 16.6 Å². The summed E-state index contributed by atoms with van der Waals surface area (Å²) < 4.78 is 5.15. The topological polar surface area (TPSA) is 52.0 Å². The van der Waals surface area contributed by atoms with Crippen LogP contribution >= 0.6 is 11.8 Å². The van der Waals surface area contributed by atoms with Crippen molar-refractivity contribution >= 4 is 17.4 Å². The van der Waals surface area contributed by atoms with E-state index in [1.54, 1.807) is 11.8 Å². The normalized spacial score (nSPS) is 10.6. The van der Waals surface area contributed by atoms with Crippen molar-refractivity contribution in [3.63, 3.8) is 0 Å². The summed E-state index contributed by atoms with van der Waals surface area (Å²) >= 11 is 1.73. The summed E-state index contributed by atoms with van der Waals surface area (Å²) in [5.74, 6) is 1.70. The largest absolute Gasteiger partial charge is 0.399 e. The summed E-state index contributed by atoms with van der Waals surface area (Å²) in [7, 11) is 0. The third-order valence-electron chi connectivity index (χ3n) is 2.25. The van der Waals surface area contributed by atoms with Gasteiger partial charge in [0.1, 0.15) is 5.76 Å². The fourth-order valence-electron chi connectivity index (χ4n) is 1.47. The molecule has 0 unspecified atom stereocenters. The van der Waals surface area contributed by atoms with Gasteiger partial charge in [-0.2, -0.15) is 0 Å². The lowest BCUT2D eigenvalue weighted by molar-refractivity contribution is 0.391. The van der Waals surface area contributed by atoms with E-state index in [0.29, 0.717) is 0 Å². The molecule has 1 aromatic heterocycles. The minimum absolute atomic E-state index is 0.797. The molecular weight excluding hydrogens is 220 g/mol. The number of aromatic nitrogens is 1. The van der Waals surface area contributed by atoms with E-state index in [-0.39, 0.29) is 0 Å². The van der Waals surface area contributed by atoms with E-state index in [2.05, 4.69) is 12.1 Å². The number of rotatable bonds is 3. The molecule has 2 N–H and O–H groups in total. The van der Waals surface area contributed by atoms with Gasteiger partial charge in [0.05, 0.1) is 11.4 Å². The number of hydrogen-bond acceptors (Lipinski definition) is 4. The van der Waals surface area contributed by atoms with Crippen molar-refractivity contribution < 1.29 is 4.52 Å². The van der Waals surface area contributed by atoms with E-state index in [9.17, 15) is 0 Å². The van der Waals surface area contributed by atoms with Gasteiger partial charge in [0.2, 0.25) is 0 Å². The van der Waals surface area contributed by atoms with Crippen LogP contribution in [-0.2, 0) is 5.75 Å². The predicted molar refractivity (Wildman–Crippen MR) is 66.4 cm³/mol. The Balaban J connectivity index is 2.04. The van der Waals surface area contributed by atoms with Gasteiger partial charge in [-0.1, -0.05) is 5.16 Å². The molecule has 2 aromatic rings. The molecule has 0 aliphatic rings. The Bertz CT molecular complexity index is 494. The second-order valence-electron chi connectivity index (χ2n) is 3.75. The lowest BCUT2D eigenvalue weighted by Gasteiger charge is -2.04. The average Bonchev–Trinajstić information content (AvgIpc) is 2.63. The summed E-state index contributed by atoms with van der Waals surface area (Å²) in [6.07, 6.45) is 0. The Kier molecular flexibility index (Phi) is 3.19. The van der Waals surface area contributed by atoms with Crippen LogP contribution in [0.2, 0.25) is 0 Å². The van der Waals surface area contributed by atoms with Crippen molar-refractivity contribution in [1.82, 2.24) is 5.16 Å². The van der Waals surface area contributed by atoms with Crippen LogP contribution in [0.1, 0.15) is 17.0 Å². The minimum atomic E-state index is 0.797. The molecule has 2 rings (SSSR count). The van der Waals surface area contributed by atoms with E-state index >= 15 is 0 Å². The van der Waals surface area contributed by atoms with E-state index in [0.717, 1.165) is 22.9 Å².